The molecule has 0 saturated heterocycles. The van der Waals surface area contributed by atoms with Gasteiger partial charge in [-0.2, -0.15) is 9.78 Å². The molecule has 2 N–H and O–H groups in total. The van der Waals surface area contributed by atoms with Gasteiger partial charge in [-0.15, -0.1) is 0 Å². The fourth-order valence-corrected chi connectivity index (χ4v) is 2.78. The van der Waals surface area contributed by atoms with Crippen molar-refractivity contribution in [3.63, 3.8) is 0 Å². The van der Waals surface area contributed by atoms with Gasteiger partial charge in [0.1, 0.15) is 5.82 Å². The molecule has 27 heavy (non-hydrogen) atoms. The van der Waals surface area contributed by atoms with Crippen LogP contribution in [0.15, 0.2) is 41.2 Å². The zero-order valence-electron chi connectivity index (χ0n) is 15.7. The Morgan fingerprint density at radius 3 is 2.63 bits per heavy atom. The van der Waals surface area contributed by atoms with E-state index in [1.807, 2.05) is 25.1 Å². The lowest BCUT2D eigenvalue weighted by molar-refractivity contribution is -0.116. The van der Waals surface area contributed by atoms with Gasteiger partial charge < -0.3 is 5.32 Å². The molecule has 7 heteroatoms. The number of aromatic amines is 1. The van der Waals surface area contributed by atoms with Gasteiger partial charge in [-0.1, -0.05) is 30.3 Å². The molecule has 0 radical (unpaired) electrons. The summed E-state index contributed by atoms with van der Waals surface area (Å²) in [5, 5.41) is 7.21. The number of nitrogens with one attached hydrogen (secondary N) is 2. The van der Waals surface area contributed by atoms with Gasteiger partial charge in [0.05, 0.1) is 5.69 Å². The van der Waals surface area contributed by atoms with Crippen LogP contribution in [0.1, 0.15) is 35.4 Å². The van der Waals surface area contributed by atoms with Crippen LogP contribution < -0.4 is 10.9 Å². The Bertz CT molecular complexity index is 1000. The Labute approximate surface area is 157 Å². The highest BCUT2D eigenvalue weighted by molar-refractivity contribution is 5.90. The summed E-state index contributed by atoms with van der Waals surface area (Å²) >= 11 is 0. The Balaban J connectivity index is 1.70. The average molecular weight is 365 g/mol. The van der Waals surface area contributed by atoms with Crippen molar-refractivity contribution in [3.05, 3.63) is 69.3 Å². The molecule has 2 heterocycles. The van der Waals surface area contributed by atoms with Crippen LogP contribution in [0.25, 0.3) is 5.95 Å². The zero-order valence-corrected chi connectivity index (χ0v) is 15.7. The number of aromatic nitrogens is 4. The molecule has 3 aromatic rings. The van der Waals surface area contributed by atoms with Crippen LogP contribution in [0, 0.1) is 20.8 Å². The molecule has 0 saturated carbocycles. The van der Waals surface area contributed by atoms with Crippen LogP contribution in [0.2, 0.25) is 0 Å². The highest BCUT2D eigenvalue weighted by atomic mass is 16.1. The summed E-state index contributed by atoms with van der Waals surface area (Å²) < 4.78 is 1.46. The van der Waals surface area contributed by atoms with E-state index in [-0.39, 0.29) is 17.4 Å². The Morgan fingerprint density at radius 1 is 1.19 bits per heavy atom. The number of benzene rings is 1. The monoisotopic (exact) mass is 365 g/mol. The lowest BCUT2D eigenvalue weighted by Gasteiger charge is -2.09. The molecule has 0 spiro atoms. The highest BCUT2D eigenvalue weighted by Crippen LogP contribution is 2.15. The number of carbonyl (C=O) groups is 1. The predicted octanol–water partition coefficient (Wildman–Crippen LogP) is 2.84. The van der Waals surface area contributed by atoms with Gasteiger partial charge in [0.2, 0.25) is 11.9 Å². The summed E-state index contributed by atoms with van der Waals surface area (Å²) in [6.07, 6.45) is 2.00. The summed E-state index contributed by atoms with van der Waals surface area (Å²) in [7, 11) is 0. The van der Waals surface area contributed by atoms with E-state index in [1.54, 1.807) is 19.9 Å². The number of H-pyrrole nitrogens is 1. The van der Waals surface area contributed by atoms with Gasteiger partial charge >= 0.3 is 0 Å². The van der Waals surface area contributed by atoms with Crippen LogP contribution in [0.4, 0.5) is 5.82 Å². The van der Waals surface area contributed by atoms with Crippen LogP contribution in [0.5, 0.6) is 0 Å². The summed E-state index contributed by atoms with van der Waals surface area (Å²) in [5.41, 5.74) is 2.90. The molecule has 0 aliphatic carbocycles. The van der Waals surface area contributed by atoms with Gasteiger partial charge in [0.15, 0.2) is 0 Å². The van der Waals surface area contributed by atoms with Crippen molar-refractivity contribution < 1.29 is 4.79 Å². The smallest absolute Gasteiger partial charge is 0.255 e. The third kappa shape index (κ3) is 4.49. The molecule has 0 aliphatic heterocycles. The summed E-state index contributed by atoms with van der Waals surface area (Å²) in [6.45, 7) is 5.31. The number of rotatable bonds is 6. The number of hydrogen-bond acceptors (Lipinski definition) is 4. The lowest BCUT2D eigenvalue weighted by Crippen LogP contribution is -2.20. The minimum Gasteiger partial charge on any atom is -0.310 e. The first-order chi connectivity index (χ1) is 12.9. The molecular weight excluding hydrogens is 342 g/mol. The molecule has 2 aromatic heterocycles. The SMILES string of the molecule is Cc1cc(NC(=O)CCCc2ccccc2)n(-c2nc(C)c(C)c(=O)[nH]2)n1. The number of aryl methyl sites for hydroxylation is 3. The lowest BCUT2D eigenvalue weighted by atomic mass is 10.1. The molecule has 0 fully saturated rings. The second kappa shape index (κ2) is 7.99. The Kier molecular flexibility index (Phi) is 5.49. The number of nitrogens with zero attached hydrogens (tertiary/aromatic N) is 3. The average Bonchev–Trinajstić information content (AvgIpc) is 3.00. The first-order valence-corrected chi connectivity index (χ1v) is 8.92. The molecule has 0 bridgehead atoms. The second-order valence-corrected chi connectivity index (χ2v) is 6.57. The first kappa shape index (κ1) is 18.6. The third-order valence-electron chi connectivity index (χ3n) is 4.39. The number of amides is 1. The molecule has 0 unspecified atom stereocenters. The van der Waals surface area contributed by atoms with E-state index >= 15 is 0 Å². The van der Waals surface area contributed by atoms with E-state index < -0.39 is 0 Å². The summed E-state index contributed by atoms with van der Waals surface area (Å²) in [5.74, 6) is 0.678. The maximum Gasteiger partial charge on any atom is 0.255 e. The van der Waals surface area contributed by atoms with Gasteiger partial charge in [-0.05, 0) is 39.2 Å². The van der Waals surface area contributed by atoms with Crippen molar-refractivity contribution in [2.45, 2.75) is 40.0 Å². The largest absolute Gasteiger partial charge is 0.310 e. The summed E-state index contributed by atoms with van der Waals surface area (Å²) in [6, 6.07) is 11.8. The standard InChI is InChI=1S/C20H23N5O2/c1-13-12-17(22-18(26)11-7-10-16-8-5-4-6-9-16)25(24-13)20-21-15(3)14(2)19(27)23-20/h4-6,8-9,12H,7,10-11H2,1-3H3,(H,22,26)(H,21,23,27). The fraction of sp³-hybridized carbons (Fsp3) is 0.300. The first-order valence-electron chi connectivity index (χ1n) is 8.92. The third-order valence-corrected chi connectivity index (χ3v) is 4.39. The highest BCUT2D eigenvalue weighted by Gasteiger charge is 2.14. The molecule has 0 atom stereocenters. The van der Waals surface area contributed by atoms with E-state index in [9.17, 15) is 9.59 Å². The van der Waals surface area contributed by atoms with Crippen LogP contribution in [0.3, 0.4) is 0 Å². The number of anilines is 1. The Hall–Kier alpha value is -3.22. The molecule has 140 valence electrons. The molecular formula is C20H23N5O2. The predicted molar refractivity (Wildman–Crippen MR) is 104 cm³/mol. The van der Waals surface area contributed by atoms with Gasteiger partial charge in [-0.25, -0.2) is 4.98 Å². The van der Waals surface area contributed by atoms with E-state index in [1.165, 1.54) is 10.2 Å². The van der Waals surface area contributed by atoms with Crippen molar-refractivity contribution in [1.82, 2.24) is 19.7 Å². The molecule has 1 aromatic carbocycles. The zero-order chi connectivity index (χ0) is 19.4. The molecule has 0 aliphatic rings. The fourth-order valence-electron chi connectivity index (χ4n) is 2.78. The van der Waals surface area contributed by atoms with Gasteiger partial charge in [0.25, 0.3) is 5.56 Å². The van der Waals surface area contributed by atoms with Crippen molar-refractivity contribution in [3.8, 4) is 5.95 Å². The number of hydrogen-bond donors (Lipinski definition) is 2. The van der Waals surface area contributed by atoms with Crippen LogP contribution in [-0.2, 0) is 11.2 Å². The van der Waals surface area contributed by atoms with E-state index in [0.29, 0.717) is 23.5 Å². The van der Waals surface area contributed by atoms with Crippen molar-refractivity contribution in [1.29, 1.82) is 0 Å². The quantitative estimate of drug-likeness (QED) is 0.702. The van der Waals surface area contributed by atoms with Gasteiger partial charge in [0, 0.05) is 23.7 Å². The van der Waals surface area contributed by atoms with E-state index in [4.69, 9.17) is 0 Å². The van der Waals surface area contributed by atoms with E-state index in [0.717, 1.165) is 18.5 Å². The second-order valence-electron chi connectivity index (χ2n) is 6.57. The molecule has 3 rings (SSSR count). The van der Waals surface area contributed by atoms with E-state index in [2.05, 4.69) is 32.5 Å². The van der Waals surface area contributed by atoms with Crippen molar-refractivity contribution >= 4 is 11.7 Å². The van der Waals surface area contributed by atoms with Crippen LogP contribution in [-0.4, -0.2) is 25.7 Å². The van der Waals surface area contributed by atoms with Crippen LogP contribution >= 0.6 is 0 Å². The Morgan fingerprint density at radius 2 is 1.93 bits per heavy atom. The minimum atomic E-state index is -0.217. The minimum absolute atomic E-state index is 0.0988. The maximum atomic E-state index is 12.3. The summed E-state index contributed by atoms with van der Waals surface area (Å²) in [4.78, 5) is 31.5. The normalized spacial score (nSPS) is 10.8. The topological polar surface area (TPSA) is 92.7 Å². The van der Waals surface area contributed by atoms with Crippen molar-refractivity contribution in [2.75, 3.05) is 5.32 Å². The van der Waals surface area contributed by atoms with Gasteiger partial charge in [-0.3, -0.25) is 14.6 Å². The molecule has 7 nitrogen and oxygen atoms in total. The molecule has 1 amide bonds. The maximum absolute atomic E-state index is 12.3. The van der Waals surface area contributed by atoms with Crippen molar-refractivity contribution in [2.24, 2.45) is 0 Å². The number of carbonyl (C=O) groups excluding carboxylic acids is 1.